The van der Waals surface area contributed by atoms with Crippen LogP contribution < -0.4 is 108 Å². The molecule has 0 aliphatic heterocycles. The number of Topliss-reactive ketones (excluding diaryl/α,β-unsaturated/α-hetero) is 4. The molecule has 0 unspecified atom stereocenters. The zero-order chi connectivity index (χ0) is 44.1. The zero-order valence-electron chi connectivity index (χ0n) is 36.8. The van der Waals surface area contributed by atoms with Crippen LogP contribution in [0.1, 0.15) is 125 Å². The van der Waals surface area contributed by atoms with Crippen LogP contribution in [0, 0.1) is 18.3 Å². The van der Waals surface area contributed by atoms with Gasteiger partial charge >= 0.3 is 103 Å². The molecule has 1 N–H and O–H groups in total. The fourth-order valence-electron chi connectivity index (χ4n) is 6.37. The summed E-state index contributed by atoms with van der Waals surface area (Å²) in [5.74, 6) is 0.490. The molecule has 2 aliphatic carbocycles. The Morgan fingerprint density at radius 1 is 0.778 bits per heavy atom. The van der Waals surface area contributed by atoms with Crippen molar-refractivity contribution in [2.45, 2.75) is 73.2 Å². The third-order valence-electron chi connectivity index (χ3n) is 9.00. The van der Waals surface area contributed by atoms with Crippen molar-refractivity contribution in [2.24, 2.45) is 0 Å². The van der Waals surface area contributed by atoms with Crippen molar-refractivity contribution in [2.75, 3.05) is 0 Å². The molecule has 2 heterocycles. The molecule has 0 spiro atoms. The Morgan fingerprint density at radius 2 is 1.29 bits per heavy atom. The summed E-state index contributed by atoms with van der Waals surface area (Å²) in [5.41, 5.74) is 7.63. The van der Waals surface area contributed by atoms with Gasteiger partial charge in [0.2, 0.25) is 11.6 Å². The predicted octanol–water partition coefficient (Wildman–Crippen LogP) is 3.79. The second-order valence-electron chi connectivity index (χ2n) is 14.0. The number of ketones is 4. The van der Waals surface area contributed by atoms with E-state index in [1.165, 1.54) is 18.1 Å². The topological polar surface area (TPSA) is 188 Å². The van der Waals surface area contributed by atoms with Gasteiger partial charge in [-0.05, 0) is 30.2 Å². The Hall–Kier alpha value is -3.25. The van der Waals surface area contributed by atoms with Crippen LogP contribution in [0.4, 0.5) is 0 Å². The van der Waals surface area contributed by atoms with Gasteiger partial charge in [0.25, 0.3) is 18.0 Å². The van der Waals surface area contributed by atoms with Crippen LogP contribution in [0.3, 0.4) is 0 Å². The number of aromatic nitrogens is 4. The van der Waals surface area contributed by atoms with Crippen LogP contribution in [0.15, 0.2) is 97.1 Å². The standard InChI is InChI=1S/C21H17ClN2O2.C14H12N2O2.C8H9Cl.C2H3N.CH2O3.CH4.2K.H/c1-12(2)21-23-17-15-8-3-4-9-16(15)19(25)20(26)18(17)24(21)11-13-6-5-7-14(22)10-13;1-7(2)14-15-10-8-5-3-4-6-9(8)12(17)13(18)11(10)16-14;1-7-3-2-4-8(5-7)6-9;1-2-3;2-1-4-3;;;;/h3-10,12H,11H2,1-2H3;3-7H,1-2H3,(H,15,16);2-5H,6H2,1H3;1H3;1,3H;1H4;;;/q;;;;;;2*+1;-1/p-1. The summed E-state index contributed by atoms with van der Waals surface area (Å²) in [6.07, 6.45) is 0. The first-order chi connectivity index (χ1) is 28.7. The van der Waals surface area contributed by atoms with E-state index < -0.39 is 23.1 Å². The molecule has 318 valence electrons. The average Bonchev–Trinajstić information content (AvgIpc) is 3.87. The van der Waals surface area contributed by atoms with E-state index in [2.05, 4.69) is 33.9 Å². The molecule has 0 fully saturated rings. The van der Waals surface area contributed by atoms with Crippen molar-refractivity contribution in [1.29, 1.82) is 5.26 Å². The quantitative estimate of drug-likeness (QED) is 0.0643. The summed E-state index contributed by atoms with van der Waals surface area (Å²) in [6, 6.07) is 31.7. The van der Waals surface area contributed by atoms with E-state index in [4.69, 9.17) is 43.5 Å². The van der Waals surface area contributed by atoms with Crippen molar-refractivity contribution >= 4 is 52.8 Å². The maximum absolute atomic E-state index is 12.9. The molecule has 0 amide bonds. The Morgan fingerprint density at radius 3 is 1.76 bits per heavy atom. The van der Waals surface area contributed by atoms with Crippen LogP contribution in [-0.4, -0.2) is 49.1 Å². The van der Waals surface area contributed by atoms with Crippen LogP contribution in [-0.2, 0) is 22.1 Å². The largest absolute Gasteiger partial charge is 1.00 e. The molecule has 2 aromatic heterocycles. The SMILES string of the molecule is C.CC#N.CC(C)c1nc2c([nH]1)C(=O)C(=O)c1ccccc1-2.CC(C)c1nc2c(n1Cc1cccc(Cl)c1)C(=O)C(=O)c1ccccc1-2.Cc1cccc(CCl)c1.O=CO[O-].[H-].[K+].[K+]. The van der Waals surface area contributed by atoms with Gasteiger partial charge in [-0.25, -0.2) is 9.97 Å². The van der Waals surface area contributed by atoms with Gasteiger partial charge in [-0.2, -0.15) is 5.26 Å². The molecular weight excluding hydrogens is 896 g/mol. The number of carbonyl (C=O) groups excluding carboxylic acids is 5. The van der Waals surface area contributed by atoms with Crippen LogP contribution in [0.5, 0.6) is 0 Å². The summed E-state index contributed by atoms with van der Waals surface area (Å²) in [4.78, 5) is 72.8. The maximum Gasteiger partial charge on any atom is 1.00 e. The molecule has 6 aromatic rings. The molecule has 0 radical (unpaired) electrons. The molecule has 16 heteroatoms. The second-order valence-corrected chi connectivity index (χ2v) is 14.7. The molecule has 4 aromatic carbocycles. The van der Waals surface area contributed by atoms with Crippen LogP contribution in [0.2, 0.25) is 5.02 Å². The number of aryl methyl sites for hydroxylation is 1. The molecule has 0 saturated heterocycles. The van der Waals surface area contributed by atoms with Gasteiger partial charge < -0.3 is 21.1 Å². The number of benzene rings is 4. The number of carbonyl (C=O) groups is 5. The number of hydrogen-bond donors (Lipinski definition) is 1. The summed E-state index contributed by atoms with van der Waals surface area (Å²) < 4.78 is 1.86. The second kappa shape index (κ2) is 27.9. The van der Waals surface area contributed by atoms with Crippen molar-refractivity contribution in [3.05, 3.63) is 153 Å². The number of H-pyrrole nitrogens is 1. The number of rotatable bonds is 6. The Kier molecular flexibility index (Phi) is 25.6. The van der Waals surface area contributed by atoms with Gasteiger partial charge in [0.05, 0.1) is 6.07 Å². The van der Waals surface area contributed by atoms with Crippen molar-refractivity contribution in [3.8, 4) is 28.6 Å². The first kappa shape index (κ1) is 57.8. The van der Waals surface area contributed by atoms with Crippen molar-refractivity contribution in [1.82, 2.24) is 19.5 Å². The normalized spacial score (nSPS) is 11.1. The Labute approximate surface area is 464 Å². The third-order valence-corrected chi connectivity index (χ3v) is 9.54. The number of nitrogens with one attached hydrogen (secondary N) is 1. The minimum absolute atomic E-state index is 0. The van der Waals surface area contributed by atoms with Gasteiger partial charge in [-0.3, -0.25) is 24.0 Å². The first-order valence-corrected chi connectivity index (χ1v) is 19.6. The van der Waals surface area contributed by atoms with E-state index in [9.17, 15) is 19.2 Å². The summed E-state index contributed by atoms with van der Waals surface area (Å²) in [7, 11) is 0. The number of nitriles is 1. The molecule has 0 saturated carbocycles. The number of fused-ring (bicyclic) bond motifs is 6. The smallest absolute Gasteiger partial charge is 1.00 e. The van der Waals surface area contributed by atoms with Gasteiger partial charge in [0, 0.05) is 58.5 Å². The van der Waals surface area contributed by atoms with E-state index in [1.54, 1.807) is 30.3 Å². The fraction of sp³-hybridized carbons (Fsp3) is 0.234. The van der Waals surface area contributed by atoms with E-state index in [1.807, 2.05) is 92.9 Å². The Bertz CT molecular complexity index is 2590. The van der Waals surface area contributed by atoms with Gasteiger partial charge in [0.15, 0.2) is 0 Å². The van der Waals surface area contributed by atoms with Crippen molar-refractivity contribution in [3.63, 3.8) is 0 Å². The van der Waals surface area contributed by atoms with Crippen LogP contribution in [0.25, 0.3) is 22.5 Å². The summed E-state index contributed by atoms with van der Waals surface area (Å²) in [6.45, 7) is 11.8. The van der Waals surface area contributed by atoms with Gasteiger partial charge in [-0.15, -0.1) is 11.6 Å². The van der Waals surface area contributed by atoms with Crippen LogP contribution >= 0.6 is 23.2 Å². The maximum atomic E-state index is 12.9. The molecular formula is C47H47Cl2K2N5O7. The zero-order valence-corrected chi connectivity index (χ0v) is 43.5. The molecule has 12 nitrogen and oxygen atoms in total. The average molecular weight is 943 g/mol. The fourth-order valence-corrected chi connectivity index (χ4v) is 6.75. The molecule has 63 heavy (non-hydrogen) atoms. The van der Waals surface area contributed by atoms with E-state index in [0.29, 0.717) is 51.4 Å². The van der Waals surface area contributed by atoms with E-state index >= 15 is 0 Å². The number of nitrogens with zero attached hydrogens (tertiary/aromatic N) is 4. The minimum Gasteiger partial charge on any atom is -1.00 e. The number of imidazole rings is 2. The number of halogens is 2. The van der Waals surface area contributed by atoms with Gasteiger partial charge in [0.1, 0.15) is 34.4 Å². The number of aromatic amines is 1. The minimum atomic E-state index is -0.500. The number of hydrogen-bond acceptors (Lipinski definition) is 10. The summed E-state index contributed by atoms with van der Waals surface area (Å²) >= 11 is 11.7. The predicted molar refractivity (Wildman–Crippen MR) is 235 cm³/mol. The number of alkyl halides is 1. The van der Waals surface area contributed by atoms with Gasteiger partial charge in [-0.1, -0.05) is 137 Å². The molecule has 2 aliphatic rings. The van der Waals surface area contributed by atoms with E-state index in [0.717, 1.165) is 28.3 Å². The van der Waals surface area contributed by atoms with Crippen molar-refractivity contribution < 1.29 is 138 Å². The third kappa shape index (κ3) is 14.6. The van der Waals surface area contributed by atoms with E-state index in [-0.39, 0.29) is 130 Å². The Balaban J connectivity index is 0.000000910. The first-order valence-electron chi connectivity index (χ1n) is 18.7. The summed E-state index contributed by atoms with van der Waals surface area (Å²) in [5, 5.41) is 16.4. The molecule has 8 rings (SSSR count). The molecule has 0 bridgehead atoms. The monoisotopic (exact) mass is 941 g/mol. The molecule has 0 atom stereocenters.